The van der Waals surface area contributed by atoms with Gasteiger partial charge in [-0.3, -0.25) is 4.57 Å². The Kier molecular flexibility index (Phi) is 7.72. The summed E-state index contributed by atoms with van der Waals surface area (Å²) in [6.45, 7) is 6.55. The summed E-state index contributed by atoms with van der Waals surface area (Å²) < 4.78 is 8.67. The van der Waals surface area contributed by atoms with Gasteiger partial charge < -0.3 is 4.74 Å². The molecule has 0 aliphatic carbocycles. The van der Waals surface area contributed by atoms with Crippen LogP contribution in [0.4, 0.5) is 0 Å². The minimum Gasteiger partial charge on any atom is -0.495 e. The summed E-state index contributed by atoms with van der Waals surface area (Å²) in [4.78, 5) is 21.0. The Morgan fingerprint density at radius 1 is 1.35 bits per heavy atom. The monoisotopic (exact) mass is 380 g/mol. The number of halogens is 1. The molecule has 5 nitrogen and oxygen atoms in total. The van der Waals surface area contributed by atoms with Crippen LogP contribution in [0.1, 0.15) is 32.3 Å². The molecule has 1 heterocycles. The van der Waals surface area contributed by atoms with E-state index in [0.29, 0.717) is 5.92 Å². The van der Waals surface area contributed by atoms with Crippen molar-refractivity contribution in [2.75, 3.05) is 7.11 Å². The fraction of sp³-hybridized carbons (Fsp3) is 0.412. The molecule has 2 rings (SSSR count). The smallest absolute Gasteiger partial charge is 0.373 e. The quantitative estimate of drug-likeness (QED) is 0.790. The third-order valence-corrected chi connectivity index (χ3v) is 3.68. The van der Waals surface area contributed by atoms with Crippen LogP contribution in [0.15, 0.2) is 28.9 Å². The third kappa shape index (κ3) is 5.34. The van der Waals surface area contributed by atoms with Gasteiger partial charge >= 0.3 is 6.15 Å². The molecule has 0 aliphatic rings. The van der Waals surface area contributed by atoms with E-state index in [4.69, 9.17) is 19.3 Å². The number of benzene rings is 1. The molecule has 1 aromatic carbocycles. The first-order valence-corrected chi connectivity index (χ1v) is 8.16. The molecule has 0 spiro atoms. The van der Waals surface area contributed by atoms with Crippen molar-refractivity contribution in [3.8, 4) is 11.4 Å². The Balaban J connectivity index is 0.000000816. The Hall–Kier alpha value is -1.91. The lowest BCUT2D eigenvalue weighted by Gasteiger charge is -2.13. The lowest BCUT2D eigenvalue weighted by molar-refractivity contribution is -0.191. The zero-order valence-corrected chi connectivity index (χ0v) is 15.4. The highest BCUT2D eigenvalue weighted by Gasteiger charge is 2.14. The van der Waals surface area contributed by atoms with Crippen molar-refractivity contribution < 1.29 is 14.3 Å². The van der Waals surface area contributed by atoms with Crippen LogP contribution in [0.25, 0.3) is 5.69 Å². The maximum Gasteiger partial charge on any atom is 0.373 e. The van der Waals surface area contributed by atoms with Crippen LogP contribution in [0.3, 0.4) is 0 Å². The molecule has 0 N–H and O–H groups in total. The number of methoxy groups -OCH3 is 1. The summed E-state index contributed by atoms with van der Waals surface area (Å²) in [6, 6.07) is 6.08. The summed E-state index contributed by atoms with van der Waals surface area (Å²) in [5.74, 6) is 2.52. The predicted molar refractivity (Wildman–Crippen MR) is 90.7 cm³/mol. The lowest BCUT2D eigenvalue weighted by atomic mass is 10.1. The number of aromatic nitrogens is 2. The lowest BCUT2D eigenvalue weighted by Crippen LogP contribution is -2.05. The molecule has 0 amide bonds. The van der Waals surface area contributed by atoms with Crippen molar-refractivity contribution >= 4 is 22.1 Å². The third-order valence-electron chi connectivity index (χ3n) is 3.18. The van der Waals surface area contributed by atoms with E-state index >= 15 is 0 Å². The van der Waals surface area contributed by atoms with Crippen LogP contribution in [0, 0.1) is 5.92 Å². The highest BCUT2D eigenvalue weighted by atomic mass is 79.9. The summed E-state index contributed by atoms with van der Waals surface area (Å²) >= 11 is 3.48. The van der Waals surface area contributed by atoms with Gasteiger partial charge in [0.25, 0.3) is 0 Å². The van der Waals surface area contributed by atoms with Crippen LogP contribution in [-0.4, -0.2) is 22.8 Å². The van der Waals surface area contributed by atoms with Crippen molar-refractivity contribution in [2.24, 2.45) is 5.92 Å². The van der Waals surface area contributed by atoms with Gasteiger partial charge in [-0.05, 0) is 30.5 Å². The average molecular weight is 381 g/mol. The van der Waals surface area contributed by atoms with Crippen LogP contribution in [-0.2, 0) is 22.4 Å². The van der Waals surface area contributed by atoms with E-state index in [2.05, 4.69) is 53.5 Å². The number of ether oxygens (including phenoxy) is 1. The second-order valence-corrected chi connectivity index (χ2v) is 6.29. The van der Waals surface area contributed by atoms with E-state index in [-0.39, 0.29) is 6.15 Å². The van der Waals surface area contributed by atoms with Gasteiger partial charge in [-0.2, -0.15) is 9.59 Å². The Morgan fingerprint density at radius 2 is 2.00 bits per heavy atom. The first-order valence-electron chi connectivity index (χ1n) is 7.37. The molecule has 0 radical (unpaired) electrons. The maximum atomic E-state index is 8.12. The number of rotatable bonds is 5. The summed E-state index contributed by atoms with van der Waals surface area (Å²) in [6.07, 6.45) is 4.26. The molecule has 0 bridgehead atoms. The molecular weight excluding hydrogens is 360 g/mol. The molecule has 0 saturated heterocycles. The molecule has 0 fully saturated rings. The van der Waals surface area contributed by atoms with E-state index in [1.165, 1.54) is 0 Å². The first kappa shape index (κ1) is 19.1. The number of nitrogens with zero attached hydrogens (tertiary/aromatic N) is 2. The second kappa shape index (κ2) is 9.28. The number of imidazole rings is 1. The van der Waals surface area contributed by atoms with Gasteiger partial charge in [0, 0.05) is 17.1 Å². The van der Waals surface area contributed by atoms with Gasteiger partial charge in [-0.15, -0.1) is 0 Å². The summed E-state index contributed by atoms with van der Waals surface area (Å²) in [5, 5.41) is 0. The summed E-state index contributed by atoms with van der Waals surface area (Å²) in [5.41, 5.74) is 2.16. The number of carbonyl (C=O) groups excluding carboxylic acids is 2. The van der Waals surface area contributed by atoms with E-state index in [9.17, 15) is 0 Å². The van der Waals surface area contributed by atoms with Crippen molar-refractivity contribution in [2.45, 2.75) is 33.6 Å². The largest absolute Gasteiger partial charge is 0.495 e. The fourth-order valence-corrected chi connectivity index (χ4v) is 2.55. The molecule has 0 unspecified atom stereocenters. The standard InChI is InChI=1S/C16H21BrN2O.CO2/c1-5-13-10-19(16(18-13)8-11(2)3)14-7-6-12(17)9-15(14)20-4;2-1-3/h6-7,9-11H,5,8H2,1-4H3;. The maximum absolute atomic E-state index is 8.12. The molecule has 0 atom stereocenters. The highest BCUT2D eigenvalue weighted by molar-refractivity contribution is 9.10. The molecule has 6 heteroatoms. The average Bonchev–Trinajstić information content (AvgIpc) is 2.90. The van der Waals surface area contributed by atoms with Gasteiger partial charge in [0.2, 0.25) is 0 Å². The molecule has 0 aliphatic heterocycles. The zero-order chi connectivity index (χ0) is 17.4. The van der Waals surface area contributed by atoms with Crippen molar-refractivity contribution in [3.63, 3.8) is 0 Å². The number of aryl methyl sites for hydroxylation is 1. The Bertz CT molecular complexity index is 674. The number of hydrogen-bond acceptors (Lipinski definition) is 4. The Labute approximate surface area is 144 Å². The molecule has 23 heavy (non-hydrogen) atoms. The first-order chi connectivity index (χ1) is 11.0. The van der Waals surface area contributed by atoms with Crippen molar-refractivity contribution in [1.82, 2.24) is 9.55 Å². The minimum atomic E-state index is 0.250. The zero-order valence-electron chi connectivity index (χ0n) is 13.8. The fourth-order valence-electron chi connectivity index (χ4n) is 2.21. The molecule has 0 saturated carbocycles. The van der Waals surface area contributed by atoms with Gasteiger partial charge in [0.05, 0.1) is 18.5 Å². The van der Waals surface area contributed by atoms with Gasteiger partial charge in [-0.1, -0.05) is 36.7 Å². The van der Waals surface area contributed by atoms with E-state index < -0.39 is 0 Å². The second-order valence-electron chi connectivity index (χ2n) is 5.37. The van der Waals surface area contributed by atoms with E-state index in [0.717, 1.165) is 40.3 Å². The van der Waals surface area contributed by atoms with Gasteiger partial charge in [0.1, 0.15) is 11.6 Å². The van der Waals surface area contributed by atoms with Crippen LogP contribution in [0.2, 0.25) is 0 Å². The van der Waals surface area contributed by atoms with E-state index in [1.807, 2.05) is 12.1 Å². The summed E-state index contributed by atoms with van der Waals surface area (Å²) in [7, 11) is 1.70. The number of hydrogen-bond donors (Lipinski definition) is 0. The van der Waals surface area contributed by atoms with Gasteiger partial charge in [-0.25, -0.2) is 4.98 Å². The molecule has 2 aromatic rings. The van der Waals surface area contributed by atoms with Crippen LogP contribution >= 0.6 is 15.9 Å². The van der Waals surface area contributed by atoms with Crippen molar-refractivity contribution in [1.29, 1.82) is 0 Å². The highest BCUT2D eigenvalue weighted by Crippen LogP contribution is 2.28. The predicted octanol–water partition coefficient (Wildman–Crippen LogP) is 3.82. The van der Waals surface area contributed by atoms with Crippen LogP contribution < -0.4 is 4.74 Å². The topological polar surface area (TPSA) is 61.2 Å². The van der Waals surface area contributed by atoms with Crippen molar-refractivity contribution in [3.05, 3.63) is 40.4 Å². The molecule has 124 valence electrons. The van der Waals surface area contributed by atoms with Gasteiger partial charge in [0.15, 0.2) is 0 Å². The van der Waals surface area contributed by atoms with Crippen LogP contribution in [0.5, 0.6) is 5.75 Å². The Morgan fingerprint density at radius 3 is 2.52 bits per heavy atom. The van der Waals surface area contributed by atoms with E-state index in [1.54, 1.807) is 7.11 Å². The minimum absolute atomic E-state index is 0.250. The molecule has 1 aromatic heterocycles. The normalized spacial score (nSPS) is 10.0. The molecular formula is C17H21BrN2O3. The SMILES string of the molecule is CCc1cn(-c2ccc(Br)cc2OC)c(CC(C)C)n1.O=C=O.